The molecular weight excluding hydrogens is 292 g/mol. The zero-order chi connectivity index (χ0) is 16.1. The van der Waals surface area contributed by atoms with Gasteiger partial charge < -0.3 is 10.6 Å². The zero-order valence-electron chi connectivity index (χ0n) is 14.6. The highest BCUT2D eigenvalue weighted by atomic mass is 32.1. The Bertz CT molecular complexity index is 479. The van der Waals surface area contributed by atoms with E-state index < -0.39 is 0 Å². The van der Waals surface area contributed by atoms with Gasteiger partial charge in [-0.3, -0.25) is 0 Å². The molecule has 0 bridgehead atoms. The van der Waals surface area contributed by atoms with E-state index in [0.29, 0.717) is 12.6 Å². The van der Waals surface area contributed by atoms with Crippen LogP contribution >= 0.6 is 11.3 Å². The van der Waals surface area contributed by atoms with Crippen LogP contribution in [0, 0.1) is 25.7 Å². The SMILES string of the molecule is CCNC(=NCc1nc(C)c(C)s1)NC1CC(C)CC(C)C1. The highest BCUT2D eigenvalue weighted by Crippen LogP contribution is 2.28. The Hall–Kier alpha value is -1.10. The van der Waals surface area contributed by atoms with Gasteiger partial charge in [0.1, 0.15) is 5.01 Å². The third-order valence-corrected chi connectivity index (χ3v) is 5.37. The molecular formula is C17H30N4S. The normalized spacial score (nSPS) is 26.0. The van der Waals surface area contributed by atoms with Gasteiger partial charge in [-0.25, -0.2) is 9.98 Å². The topological polar surface area (TPSA) is 49.3 Å². The maximum atomic E-state index is 4.72. The molecule has 2 atom stereocenters. The number of guanidine groups is 1. The molecule has 1 saturated carbocycles. The summed E-state index contributed by atoms with van der Waals surface area (Å²) in [6.45, 7) is 12.6. The largest absolute Gasteiger partial charge is 0.357 e. The van der Waals surface area contributed by atoms with Gasteiger partial charge in [-0.2, -0.15) is 0 Å². The van der Waals surface area contributed by atoms with Crippen molar-refractivity contribution < 1.29 is 0 Å². The second-order valence-electron chi connectivity index (χ2n) is 6.70. The molecule has 0 aliphatic heterocycles. The smallest absolute Gasteiger partial charge is 0.191 e. The van der Waals surface area contributed by atoms with Gasteiger partial charge in [-0.15, -0.1) is 11.3 Å². The Kier molecular flexibility index (Phi) is 6.24. The lowest BCUT2D eigenvalue weighted by Gasteiger charge is -2.32. The number of nitrogens with zero attached hydrogens (tertiary/aromatic N) is 2. The second-order valence-corrected chi connectivity index (χ2v) is 7.99. The van der Waals surface area contributed by atoms with E-state index in [0.717, 1.165) is 35.0 Å². The van der Waals surface area contributed by atoms with Crippen LogP contribution in [0.25, 0.3) is 0 Å². The van der Waals surface area contributed by atoms with Gasteiger partial charge in [0.2, 0.25) is 0 Å². The molecule has 2 unspecified atom stereocenters. The van der Waals surface area contributed by atoms with Gasteiger partial charge in [-0.05, 0) is 51.9 Å². The molecule has 2 N–H and O–H groups in total. The van der Waals surface area contributed by atoms with Crippen molar-refractivity contribution in [3.05, 3.63) is 15.6 Å². The fraction of sp³-hybridized carbons (Fsp3) is 0.765. The molecule has 4 nitrogen and oxygen atoms in total. The number of thiazole rings is 1. The number of aromatic nitrogens is 1. The number of hydrogen-bond acceptors (Lipinski definition) is 3. The third-order valence-electron chi connectivity index (χ3n) is 4.31. The van der Waals surface area contributed by atoms with Crippen molar-refractivity contribution in [1.82, 2.24) is 15.6 Å². The lowest BCUT2D eigenvalue weighted by molar-refractivity contribution is 0.255. The summed E-state index contributed by atoms with van der Waals surface area (Å²) in [6, 6.07) is 0.538. The van der Waals surface area contributed by atoms with Crippen LogP contribution < -0.4 is 10.6 Å². The Labute approximate surface area is 138 Å². The lowest BCUT2D eigenvalue weighted by Crippen LogP contribution is -2.46. The van der Waals surface area contributed by atoms with E-state index in [1.807, 2.05) is 0 Å². The predicted molar refractivity (Wildman–Crippen MR) is 95.5 cm³/mol. The third kappa shape index (κ3) is 4.97. The Morgan fingerprint density at radius 1 is 1.23 bits per heavy atom. The van der Waals surface area contributed by atoms with Gasteiger partial charge in [0.05, 0.1) is 12.2 Å². The number of hydrogen-bond donors (Lipinski definition) is 2. The van der Waals surface area contributed by atoms with Crippen molar-refractivity contribution in [2.45, 2.75) is 66.5 Å². The van der Waals surface area contributed by atoms with E-state index >= 15 is 0 Å². The van der Waals surface area contributed by atoms with Crippen molar-refractivity contribution in [2.75, 3.05) is 6.54 Å². The molecule has 0 amide bonds. The molecule has 1 fully saturated rings. The first-order valence-corrected chi connectivity index (χ1v) is 9.27. The monoisotopic (exact) mass is 322 g/mol. The molecule has 1 heterocycles. The first-order valence-electron chi connectivity index (χ1n) is 8.45. The zero-order valence-corrected chi connectivity index (χ0v) is 15.4. The van der Waals surface area contributed by atoms with E-state index in [2.05, 4.69) is 50.2 Å². The lowest BCUT2D eigenvalue weighted by atomic mass is 9.80. The van der Waals surface area contributed by atoms with Crippen LogP contribution in [-0.2, 0) is 6.54 Å². The van der Waals surface area contributed by atoms with Crippen LogP contribution in [0.4, 0.5) is 0 Å². The van der Waals surface area contributed by atoms with Crippen LogP contribution in [0.5, 0.6) is 0 Å². The van der Waals surface area contributed by atoms with Gasteiger partial charge in [0, 0.05) is 17.5 Å². The summed E-state index contributed by atoms with van der Waals surface area (Å²) >= 11 is 1.75. The first kappa shape index (κ1) is 17.3. The van der Waals surface area contributed by atoms with Crippen LogP contribution in [0.1, 0.15) is 55.6 Å². The molecule has 1 aromatic heterocycles. The average Bonchev–Trinajstić information content (AvgIpc) is 2.74. The van der Waals surface area contributed by atoms with Gasteiger partial charge in [-0.1, -0.05) is 13.8 Å². The molecule has 0 radical (unpaired) electrons. The molecule has 1 aromatic rings. The van der Waals surface area contributed by atoms with Crippen LogP contribution in [0.3, 0.4) is 0 Å². The molecule has 22 heavy (non-hydrogen) atoms. The van der Waals surface area contributed by atoms with Crippen LogP contribution in [0.15, 0.2) is 4.99 Å². The Morgan fingerprint density at radius 3 is 2.45 bits per heavy atom. The average molecular weight is 323 g/mol. The van der Waals surface area contributed by atoms with E-state index in [1.165, 1.54) is 24.1 Å². The molecule has 124 valence electrons. The van der Waals surface area contributed by atoms with Crippen molar-refractivity contribution in [3.8, 4) is 0 Å². The van der Waals surface area contributed by atoms with Crippen molar-refractivity contribution in [1.29, 1.82) is 0 Å². The molecule has 0 aromatic carbocycles. The number of aliphatic imine (C=N–C) groups is 1. The molecule has 2 rings (SSSR count). The Balaban J connectivity index is 1.97. The molecule has 0 spiro atoms. The minimum Gasteiger partial charge on any atom is -0.357 e. The van der Waals surface area contributed by atoms with Crippen molar-refractivity contribution in [2.24, 2.45) is 16.8 Å². The standard InChI is InChI=1S/C17H30N4S/c1-6-18-17(19-10-16-20-13(4)14(5)22-16)21-15-8-11(2)7-12(3)9-15/h11-12,15H,6-10H2,1-5H3,(H2,18,19,21). The summed E-state index contributed by atoms with van der Waals surface area (Å²) < 4.78 is 0. The van der Waals surface area contributed by atoms with Gasteiger partial charge in [0.15, 0.2) is 5.96 Å². The number of nitrogens with one attached hydrogen (secondary N) is 2. The summed E-state index contributed by atoms with van der Waals surface area (Å²) in [4.78, 5) is 10.6. The number of rotatable bonds is 4. The highest BCUT2D eigenvalue weighted by Gasteiger charge is 2.24. The van der Waals surface area contributed by atoms with Crippen molar-refractivity contribution >= 4 is 17.3 Å². The minimum absolute atomic E-state index is 0.538. The fourth-order valence-corrected chi connectivity index (χ4v) is 4.19. The molecule has 0 saturated heterocycles. The maximum absolute atomic E-state index is 4.72. The maximum Gasteiger partial charge on any atom is 0.191 e. The van der Waals surface area contributed by atoms with Crippen LogP contribution in [0.2, 0.25) is 0 Å². The van der Waals surface area contributed by atoms with E-state index in [9.17, 15) is 0 Å². The van der Waals surface area contributed by atoms with Crippen LogP contribution in [-0.4, -0.2) is 23.5 Å². The fourth-order valence-electron chi connectivity index (χ4n) is 3.33. The summed E-state index contributed by atoms with van der Waals surface area (Å²) in [5.41, 5.74) is 1.13. The minimum atomic E-state index is 0.538. The number of aryl methyl sites for hydroxylation is 2. The van der Waals surface area contributed by atoms with E-state index in [-0.39, 0.29) is 0 Å². The quantitative estimate of drug-likeness (QED) is 0.657. The molecule has 1 aliphatic carbocycles. The van der Waals surface area contributed by atoms with E-state index in [1.54, 1.807) is 11.3 Å². The highest BCUT2D eigenvalue weighted by molar-refractivity contribution is 7.11. The molecule has 1 aliphatic rings. The summed E-state index contributed by atoms with van der Waals surface area (Å²) in [5, 5.41) is 8.09. The van der Waals surface area contributed by atoms with E-state index in [4.69, 9.17) is 4.99 Å². The predicted octanol–water partition coefficient (Wildman–Crippen LogP) is 3.64. The summed E-state index contributed by atoms with van der Waals surface area (Å²) in [6.07, 6.45) is 3.83. The summed E-state index contributed by atoms with van der Waals surface area (Å²) in [7, 11) is 0. The second kappa shape index (κ2) is 7.95. The van der Waals surface area contributed by atoms with Gasteiger partial charge in [0.25, 0.3) is 0 Å². The Morgan fingerprint density at radius 2 is 1.91 bits per heavy atom. The molecule has 5 heteroatoms. The van der Waals surface area contributed by atoms with Crippen molar-refractivity contribution in [3.63, 3.8) is 0 Å². The summed E-state index contributed by atoms with van der Waals surface area (Å²) in [5.74, 6) is 2.53. The van der Waals surface area contributed by atoms with Gasteiger partial charge >= 0.3 is 0 Å². The first-order chi connectivity index (χ1) is 10.5.